The Bertz CT molecular complexity index is 1370. The van der Waals surface area contributed by atoms with Crippen LogP contribution in [0.5, 0.6) is 0 Å². The molecule has 5 rings (SSSR count). The summed E-state index contributed by atoms with van der Waals surface area (Å²) in [6, 6.07) is 27.5. The highest BCUT2D eigenvalue weighted by atomic mass is 79.9. The Morgan fingerprint density at radius 1 is 0.767 bits per heavy atom. The highest BCUT2D eigenvalue weighted by Crippen LogP contribution is 2.45. The Balaban J connectivity index is 1.98. The lowest BCUT2D eigenvalue weighted by molar-refractivity contribution is 0.791. The van der Waals surface area contributed by atoms with Gasteiger partial charge in [0.05, 0.1) is 6.07 Å². The van der Waals surface area contributed by atoms with Crippen molar-refractivity contribution >= 4 is 37.7 Å². The molecule has 0 amide bonds. The van der Waals surface area contributed by atoms with Gasteiger partial charge in [-0.15, -0.1) is 0 Å². The zero-order valence-electron chi connectivity index (χ0n) is 16.8. The molecule has 0 aliphatic carbocycles. The van der Waals surface area contributed by atoms with E-state index < -0.39 is 5.41 Å². The van der Waals surface area contributed by atoms with Gasteiger partial charge in [-0.1, -0.05) is 64.5 Å². The molecular formula is C26H20BrN3. The van der Waals surface area contributed by atoms with Crippen molar-refractivity contribution in [2.75, 3.05) is 0 Å². The van der Waals surface area contributed by atoms with Crippen molar-refractivity contribution in [1.82, 2.24) is 9.13 Å². The van der Waals surface area contributed by atoms with Crippen molar-refractivity contribution in [2.45, 2.75) is 5.41 Å². The van der Waals surface area contributed by atoms with Gasteiger partial charge in [-0.3, -0.25) is 0 Å². The second kappa shape index (κ2) is 6.90. The molecule has 2 aromatic heterocycles. The number of para-hydroxylation sites is 2. The van der Waals surface area contributed by atoms with Crippen LogP contribution in [0.3, 0.4) is 0 Å². The number of benzene rings is 3. The second-order valence-electron chi connectivity index (χ2n) is 7.71. The third kappa shape index (κ3) is 2.56. The van der Waals surface area contributed by atoms with Gasteiger partial charge in [-0.2, -0.15) is 5.26 Å². The molecule has 0 bridgehead atoms. The largest absolute Gasteiger partial charge is 0.350 e. The van der Waals surface area contributed by atoms with Crippen LogP contribution in [0.1, 0.15) is 16.7 Å². The highest BCUT2D eigenvalue weighted by Gasteiger charge is 2.41. The van der Waals surface area contributed by atoms with Crippen molar-refractivity contribution in [1.29, 1.82) is 5.26 Å². The van der Waals surface area contributed by atoms with E-state index >= 15 is 0 Å². The van der Waals surface area contributed by atoms with E-state index in [0.29, 0.717) is 0 Å². The maximum atomic E-state index is 10.9. The molecule has 0 aliphatic heterocycles. The topological polar surface area (TPSA) is 33.6 Å². The SMILES string of the molecule is Cn1cc(C(C#N)(c2cccc(Br)c2)c2cn(C)c3ccccc23)c2ccccc21. The van der Waals surface area contributed by atoms with Crippen LogP contribution in [0, 0.1) is 11.3 Å². The molecule has 2 heterocycles. The molecule has 0 saturated carbocycles. The van der Waals surface area contributed by atoms with Crippen molar-refractivity contribution in [3.05, 3.63) is 106 Å². The fraction of sp³-hybridized carbons (Fsp3) is 0.115. The summed E-state index contributed by atoms with van der Waals surface area (Å²) in [6.07, 6.45) is 4.22. The lowest BCUT2D eigenvalue weighted by atomic mass is 9.70. The van der Waals surface area contributed by atoms with Gasteiger partial charge in [0.15, 0.2) is 0 Å². The molecular weight excluding hydrogens is 434 g/mol. The number of aryl methyl sites for hydroxylation is 2. The summed E-state index contributed by atoms with van der Waals surface area (Å²) in [4.78, 5) is 0. The first-order chi connectivity index (χ1) is 14.6. The van der Waals surface area contributed by atoms with Crippen LogP contribution in [0.15, 0.2) is 89.7 Å². The summed E-state index contributed by atoms with van der Waals surface area (Å²) < 4.78 is 5.18. The summed E-state index contributed by atoms with van der Waals surface area (Å²) in [5.41, 5.74) is 4.22. The van der Waals surface area contributed by atoms with E-state index in [9.17, 15) is 5.26 Å². The summed E-state index contributed by atoms with van der Waals surface area (Å²) in [6.45, 7) is 0. The molecule has 0 fully saturated rings. The third-order valence-corrected chi connectivity index (χ3v) is 6.52. The number of aromatic nitrogens is 2. The normalized spacial score (nSPS) is 11.8. The predicted molar refractivity (Wildman–Crippen MR) is 125 cm³/mol. The standard InChI is InChI=1S/C26H20BrN3/c1-29-15-22(20-10-3-5-12-24(20)29)26(17-28,18-8-7-9-19(27)14-18)23-16-30(2)25-13-6-4-11-21(23)25/h3-16H,1-2H3. The lowest BCUT2D eigenvalue weighted by Crippen LogP contribution is -2.27. The summed E-state index contributed by atoms with van der Waals surface area (Å²) >= 11 is 3.62. The maximum absolute atomic E-state index is 10.9. The van der Waals surface area contributed by atoms with E-state index in [0.717, 1.165) is 43.0 Å². The van der Waals surface area contributed by atoms with E-state index in [1.165, 1.54) is 0 Å². The van der Waals surface area contributed by atoms with Crippen molar-refractivity contribution < 1.29 is 0 Å². The second-order valence-corrected chi connectivity index (χ2v) is 8.63. The van der Waals surface area contributed by atoms with Gasteiger partial charge in [0.2, 0.25) is 0 Å². The molecule has 4 heteroatoms. The van der Waals surface area contributed by atoms with Crippen molar-refractivity contribution in [2.24, 2.45) is 14.1 Å². The molecule has 0 radical (unpaired) electrons. The quantitative estimate of drug-likeness (QED) is 0.315. The molecule has 0 spiro atoms. The van der Waals surface area contributed by atoms with Gasteiger partial charge < -0.3 is 9.13 Å². The highest BCUT2D eigenvalue weighted by molar-refractivity contribution is 9.10. The number of rotatable bonds is 3. The van der Waals surface area contributed by atoms with Gasteiger partial charge in [0, 0.05) is 63.9 Å². The lowest BCUT2D eigenvalue weighted by Gasteiger charge is -2.27. The average molecular weight is 454 g/mol. The Kier molecular flexibility index (Phi) is 4.30. The van der Waals surface area contributed by atoms with Crippen LogP contribution in [0.25, 0.3) is 21.8 Å². The van der Waals surface area contributed by atoms with Crippen LogP contribution in [-0.2, 0) is 19.5 Å². The van der Waals surface area contributed by atoms with Crippen molar-refractivity contribution in [3.8, 4) is 6.07 Å². The molecule has 0 atom stereocenters. The minimum atomic E-state index is -0.953. The molecule has 0 N–H and O–H groups in total. The average Bonchev–Trinajstić information content (AvgIpc) is 3.28. The zero-order chi connectivity index (χ0) is 20.9. The third-order valence-electron chi connectivity index (χ3n) is 6.03. The Labute approximate surface area is 183 Å². The maximum Gasteiger partial charge on any atom is 0.136 e. The van der Waals surface area contributed by atoms with Crippen molar-refractivity contribution in [3.63, 3.8) is 0 Å². The number of nitrogens with zero attached hydrogens (tertiary/aromatic N) is 3. The Morgan fingerprint density at radius 2 is 1.30 bits per heavy atom. The smallest absolute Gasteiger partial charge is 0.136 e. The van der Waals surface area contributed by atoms with Gasteiger partial charge in [-0.25, -0.2) is 0 Å². The summed E-state index contributed by atoms with van der Waals surface area (Å²) in [7, 11) is 4.08. The van der Waals surface area contributed by atoms with E-state index in [1.54, 1.807) is 0 Å². The first kappa shape index (κ1) is 18.7. The summed E-state index contributed by atoms with van der Waals surface area (Å²) in [5, 5.41) is 13.1. The molecule has 0 aliphatic rings. The molecule has 0 unspecified atom stereocenters. The monoisotopic (exact) mass is 453 g/mol. The molecule has 30 heavy (non-hydrogen) atoms. The number of nitriles is 1. The fourth-order valence-electron chi connectivity index (χ4n) is 4.64. The van der Waals surface area contributed by atoms with Crippen LogP contribution in [0.2, 0.25) is 0 Å². The number of hydrogen-bond acceptors (Lipinski definition) is 1. The minimum Gasteiger partial charge on any atom is -0.350 e. The van der Waals surface area contributed by atoms with Gasteiger partial charge >= 0.3 is 0 Å². The number of halogens is 1. The first-order valence-corrected chi connectivity index (χ1v) is 10.6. The van der Waals surface area contributed by atoms with Gasteiger partial charge in [-0.05, 0) is 29.8 Å². The predicted octanol–water partition coefficient (Wildman–Crippen LogP) is 6.29. The van der Waals surface area contributed by atoms with E-state index in [4.69, 9.17) is 0 Å². The fourth-order valence-corrected chi connectivity index (χ4v) is 5.04. The first-order valence-electron chi connectivity index (χ1n) is 9.82. The summed E-state index contributed by atoms with van der Waals surface area (Å²) in [5.74, 6) is 0. The molecule has 5 aromatic rings. The van der Waals surface area contributed by atoms with Crippen LogP contribution in [0.4, 0.5) is 0 Å². The van der Waals surface area contributed by atoms with E-state index in [1.807, 2.05) is 50.5 Å². The molecule has 3 nitrogen and oxygen atoms in total. The molecule has 0 saturated heterocycles. The molecule has 3 aromatic carbocycles. The Morgan fingerprint density at radius 3 is 1.80 bits per heavy atom. The number of fused-ring (bicyclic) bond motifs is 2. The molecule has 146 valence electrons. The minimum absolute atomic E-state index is 0.951. The zero-order valence-corrected chi connectivity index (χ0v) is 18.4. The van der Waals surface area contributed by atoms with E-state index in [-0.39, 0.29) is 0 Å². The number of hydrogen-bond donors (Lipinski definition) is 0. The van der Waals surface area contributed by atoms with E-state index in [2.05, 4.69) is 79.9 Å². The van der Waals surface area contributed by atoms with Crippen LogP contribution >= 0.6 is 15.9 Å². The van der Waals surface area contributed by atoms with Crippen LogP contribution in [-0.4, -0.2) is 9.13 Å². The van der Waals surface area contributed by atoms with Gasteiger partial charge in [0.25, 0.3) is 0 Å². The van der Waals surface area contributed by atoms with Crippen LogP contribution < -0.4 is 0 Å². The van der Waals surface area contributed by atoms with Gasteiger partial charge in [0.1, 0.15) is 5.41 Å². The Hall–Kier alpha value is -3.29.